The number of fused-ring (bicyclic) bond motifs is 1. The minimum Gasteiger partial charge on any atom is -0.360 e. The van der Waals surface area contributed by atoms with Crippen molar-refractivity contribution in [2.24, 2.45) is 0 Å². The van der Waals surface area contributed by atoms with Gasteiger partial charge < -0.3 is 4.98 Å². The molecule has 4 aromatic rings. The van der Waals surface area contributed by atoms with Crippen molar-refractivity contribution in [1.29, 1.82) is 0 Å². The van der Waals surface area contributed by atoms with Crippen LogP contribution < -0.4 is 0 Å². The van der Waals surface area contributed by atoms with E-state index in [-0.39, 0.29) is 0 Å². The van der Waals surface area contributed by atoms with E-state index >= 15 is 0 Å². The van der Waals surface area contributed by atoms with Crippen LogP contribution in [-0.2, 0) is 0 Å². The first-order valence-electron chi connectivity index (χ1n) is 8.71. The molecule has 0 fully saturated rings. The Morgan fingerprint density at radius 1 is 0.667 bits per heavy atom. The fourth-order valence-corrected chi connectivity index (χ4v) is 3.01. The molecule has 0 saturated heterocycles. The van der Waals surface area contributed by atoms with E-state index in [1.807, 2.05) is 78.9 Å². The predicted octanol–water partition coefficient (Wildman–Crippen LogP) is 5.40. The van der Waals surface area contributed by atoms with E-state index in [0.29, 0.717) is 11.1 Å². The van der Waals surface area contributed by atoms with Crippen LogP contribution >= 0.6 is 0 Å². The zero-order valence-corrected chi connectivity index (χ0v) is 14.6. The summed E-state index contributed by atoms with van der Waals surface area (Å²) in [4.78, 5) is 28.3. The van der Waals surface area contributed by atoms with Crippen molar-refractivity contribution in [2.75, 3.05) is 0 Å². The predicted molar refractivity (Wildman–Crippen MR) is 109 cm³/mol. The number of ketones is 2. The highest BCUT2D eigenvalue weighted by Crippen LogP contribution is 2.20. The van der Waals surface area contributed by atoms with Gasteiger partial charge in [-0.3, -0.25) is 9.59 Å². The summed E-state index contributed by atoms with van der Waals surface area (Å²) in [7, 11) is 0. The number of carbonyl (C=O) groups is 2. The van der Waals surface area contributed by atoms with Gasteiger partial charge >= 0.3 is 0 Å². The van der Waals surface area contributed by atoms with Crippen molar-refractivity contribution < 1.29 is 9.59 Å². The monoisotopic (exact) mass is 351 g/mol. The number of aromatic amines is 1. The van der Waals surface area contributed by atoms with E-state index in [1.165, 1.54) is 0 Å². The summed E-state index contributed by atoms with van der Waals surface area (Å²) in [5.41, 5.74) is 3.71. The second-order valence-corrected chi connectivity index (χ2v) is 6.27. The van der Waals surface area contributed by atoms with Crippen LogP contribution in [0, 0.1) is 0 Å². The Hall–Kier alpha value is -3.72. The van der Waals surface area contributed by atoms with Crippen LogP contribution in [0.1, 0.15) is 31.8 Å². The molecule has 0 unspecified atom stereocenters. The quantitative estimate of drug-likeness (QED) is 0.297. The molecule has 0 aliphatic heterocycles. The van der Waals surface area contributed by atoms with Gasteiger partial charge in [-0.2, -0.15) is 0 Å². The van der Waals surface area contributed by atoms with Crippen LogP contribution in [0.15, 0.2) is 85.1 Å². The zero-order chi connectivity index (χ0) is 18.6. The van der Waals surface area contributed by atoms with Gasteiger partial charge in [0.15, 0.2) is 0 Å². The van der Waals surface area contributed by atoms with Gasteiger partial charge in [0.2, 0.25) is 11.6 Å². The lowest BCUT2D eigenvalue weighted by Crippen LogP contribution is -2.14. The van der Waals surface area contributed by atoms with Crippen LogP contribution in [-0.4, -0.2) is 16.6 Å². The van der Waals surface area contributed by atoms with Crippen molar-refractivity contribution in [3.63, 3.8) is 0 Å². The number of carbonyl (C=O) groups excluding carboxylic acids is 2. The molecule has 3 aromatic carbocycles. The van der Waals surface area contributed by atoms with Crippen LogP contribution in [0.25, 0.3) is 23.1 Å². The van der Waals surface area contributed by atoms with Crippen molar-refractivity contribution >= 4 is 34.6 Å². The van der Waals surface area contributed by atoms with Gasteiger partial charge in [-0.05, 0) is 17.2 Å². The third kappa shape index (κ3) is 3.48. The third-order valence-corrected chi connectivity index (χ3v) is 4.48. The first-order valence-corrected chi connectivity index (χ1v) is 8.71. The number of benzene rings is 3. The lowest BCUT2D eigenvalue weighted by Gasteiger charge is -2.01. The first-order chi connectivity index (χ1) is 13.2. The topological polar surface area (TPSA) is 49.9 Å². The highest BCUT2D eigenvalue weighted by Gasteiger charge is 2.21. The molecule has 0 saturated carbocycles. The van der Waals surface area contributed by atoms with Gasteiger partial charge in [-0.1, -0.05) is 84.9 Å². The van der Waals surface area contributed by atoms with E-state index in [4.69, 9.17) is 0 Å². The first kappa shape index (κ1) is 16.7. The summed E-state index contributed by atoms with van der Waals surface area (Å²) in [5.74, 6) is -1.00. The van der Waals surface area contributed by atoms with Gasteiger partial charge in [-0.15, -0.1) is 0 Å². The highest BCUT2D eigenvalue weighted by molar-refractivity contribution is 6.50. The Bertz CT molecular complexity index is 1140. The molecule has 4 rings (SSSR count). The maximum absolute atomic E-state index is 12.6. The minimum absolute atomic E-state index is 0.391. The molecule has 1 heterocycles. The second-order valence-electron chi connectivity index (χ2n) is 6.27. The Balaban J connectivity index is 1.54. The van der Waals surface area contributed by atoms with Gasteiger partial charge in [0.1, 0.15) is 0 Å². The van der Waals surface area contributed by atoms with Crippen molar-refractivity contribution in [2.45, 2.75) is 0 Å². The van der Waals surface area contributed by atoms with Crippen LogP contribution in [0.5, 0.6) is 0 Å². The number of hydrogen-bond acceptors (Lipinski definition) is 2. The summed E-state index contributed by atoms with van der Waals surface area (Å²) in [6, 6.07) is 24.5. The molecule has 0 bridgehead atoms. The molecule has 1 aromatic heterocycles. The molecule has 0 atom stereocenters. The summed E-state index contributed by atoms with van der Waals surface area (Å²) in [6.07, 6.45) is 5.58. The number of rotatable bonds is 5. The molecular weight excluding hydrogens is 334 g/mol. The maximum atomic E-state index is 12.6. The average Bonchev–Trinajstić information content (AvgIpc) is 3.16. The molecule has 0 aliphatic rings. The van der Waals surface area contributed by atoms with E-state index in [1.54, 1.807) is 18.3 Å². The van der Waals surface area contributed by atoms with Crippen LogP contribution in [0.4, 0.5) is 0 Å². The van der Waals surface area contributed by atoms with Crippen molar-refractivity contribution in [3.8, 4) is 0 Å². The number of nitrogens with one attached hydrogen (secondary N) is 1. The molecule has 0 spiro atoms. The number of para-hydroxylation sites is 1. The Kier molecular flexibility index (Phi) is 4.50. The fraction of sp³-hybridized carbons (Fsp3) is 0. The molecule has 27 heavy (non-hydrogen) atoms. The lowest BCUT2D eigenvalue weighted by molar-refractivity contribution is 0.0818. The normalized spacial score (nSPS) is 11.1. The van der Waals surface area contributed by atoms with E-state index < -0.39 is 11.6 Å². The molecule has 3 nitrogen and oxygen atoms in total. The maximum Gasteiger partial charge on any atom is 0.235 e. The van der Waals surface area contributed by atoms with Gasteiger partial charge in [0, 0.05) is 22.7 Å². The molecule has 0 amide bonds. The summed E-state index contributed by atoms with van der Waals surface area (Å²) in [6.45, 7) is 0. The number of aromatic nitrogens is 1. The second kappa shape index (κ2) is 7.26. The lowest BCUT2D eigenvalue weighted by atomic mass is 10.00. The largest absolute Gasteiger partial charge is 0.360 e. The van der Waals surface area contributed by atoms with Crippen LogP contribution in [0.2, 0.25) is 0 Å². The Morgan fingerprint density at radius 2 is 1.30 bits per heavy atom. The standard InChI is InChI=1S/C24H17NO2/c26-23(24(27)21-16-25-22-9-5-4-8-20(21)22)19-14-12-18(13-15-19)11-10-17-6-2-1-3-7-17/h1-16,25H/b11-10+. The summed E-state index contributed by atoms with van der Waals surface area (Å²) >= 11 is 0. The molecule has 0 radical (unpaired) electrons. The minimum atomic E-state index is -0.502. The molecule has 130 valence electrons. The van der Waals surface area contributed by atoms with Gasteiger partial charge in [0.05, 0.1) is 5.56 Å². The smallest absolute Gasteiger partial charge is 0.235 e. The Labute approximate surface area is 157 Å². The van der Waals surface area contributed by atoms with Crippen LogP contribution in [0.3, 0.4) is 0 Å². The molecular formula is C24H17NO2. The van der Waals surface area contributed by atoms with Gasteiger partial charge in [0.25, 0.3) is 0 Å². The number of hydrogen-bond donors (Lipinski definition) is 1. The highest BCUT2D eigenvalue weighted by atomic mass is 16.2. The van der Waals surface area contributed by atoms with E-state index in [0.717, 1.165) is 22.0 Å². The molecule has 0 aliphatic carbocycles. The SMILES string of the molecule is O=C(C(=O)c1c[nH]c2ccccc12)c1ccc(/C=C/c2ccccc2)cc1. The van der Waals surface area contributed by atoms with E-state index in [2.05, 4.69) is 4.98 Å². The average molecular weight is 351 g/mol. The van der Waals surface area contributed by atoms with Crippen molar-refractivity contribution in [1.82, 2.24) is 4.98 Å². The summed E-state index contributed by atoms with van der Waals surface area (Å²) < 4.78 is 0. The zero-order valence-electron chi connectivity index (χ0n) is 14.6. The van der Waals surface area contributed by atoms with Crippen molar-refractivity contribution in [3.05, 3.63) is 107 Å². The summed E-state index contributed by atoms with van der Waals surface area (Å²) in [5, 5.41) is 0.762. The molecule has 3 heteroatoms. The molecule has 1 N–H and O–H groups in total. The van der Waals surface area contributed by atoms with Gasteiger partial charge in [-0.25, -0.2) is 0 Å². The number of Topliss-reactive ketones (excluding diaryl/α,β-unsaturated/α-hetero) is 2. The number of H-pyrrole nitrogens is 1. The Morgan fingerprint density at radius 3 is 2.04 bits per heavy atom. The van der Waals surface area contributed by atoms with E-state index in [9.17, 15) is 9.59 Å². The third-order valence-electron chi connectivity index (χ3n) is 4.48. The fourth-order valence-electron chi connectivity index (χ4n) is 3.01.